The lowest BCUT2D eigenvalue weighted by molar-refractivity contribution is 0.919. The van der Waals surface area contributed by atoms with Crippen LogP contribution in [0.15, 0.2) is 36.9 Å². The van der Waals surface area contributed by atoms with Crippen LogP contribution in [0.25, 0.3) is 0 Å². The zero-order valence-corrected chi connectivity index (χ0v) is 10.1. The maximum absolute atomic E-state index is 2.16. The largest absolute Gasteiger partial charge is 0.357 e. The lowest BCUT2D eigenvalue weighted by Gasteiger charge is -1.84. The van der Waals surface area contributed by atoms with E-state index in [0.717, 1.165) is 6.42 Å². The van der Waals surface area contributed by atoms with Crippen LogP contribution in [-0.4, -0.2) is 9.13 Å². The molecule has 0 aliphatic carbocycles. The quantitative estimate of drug-likeness (QED) is 0.676. The first-order valence-corrected chi connectivity index (χ1v) is 5.31. The van der Waals surface area contributed by atoms with Gasteiger partial charge in [0, 0.05) is 38.9 Å². The van der Waals surface area contributed by atoms with Gasteiger partial charge in [0.15, 0.2) is 0 Å². The predicted molar refractivity (Wildman–Crippen MR) is 64.9 cm³/mol. The summed E-state index contributed by atoms with van der Waals surface area (Å²) in [5.74, 6) is 0. The SMILES string of the molecule is CCc1ccn(C)c1.Cc1ccn(C)c1. The molecule has 0 radical (unpaired) electrons. The second-order valence-electron chi connectivity index (χ2n) is 3.89. The molecular weight excluding hydrogens is 184 g/mol. The van der Waals surface area contributed by atoms with E-state index in [4.69, 9.17) is 0 Å². The zero-order valence-electron chi connectivity index (χ0n) is 10.1. The summed E-state index contributed by atoms with van der Waals surface area (Å²) >= 11 is 0. The second kappa shape index (κ2) is 5.44. The fourth-order valence-electron chi connectivity index (χ4n) is 1.41. The maximum atomic E-state index is 2.16. The number of aromatic nitrogens is 2. The minimum atomic E-state index is 1.14. The summed E-state index contributed by atoms with van der Waals surface area (Å²) in [4.78, 5) is 0. The minimum Gasteiger partial charge on any atom is -0.357 e. The van der Waals surface area contributed by atoms with E-state index < -0.39 is 0 Å². The molecule has 0 aliphatic rings. The van der Waals surface area contributed by atoms with Crippen molar-refractivity contribution in [1.29, 1.82) is 0 Å². The monoisotopic (exact) mass is 204 g/mol. The van der Waals surface area contributed by atoms with Gasteiger partial charge in [-0.05, 0) is 36.6 Å². The van der Waals surface area contributed by atoms with Crippen LogP contribution in [0.4, 0.5) is 0 Å². The fraction of sp³-hybridized carbons (Fsp3) is 0.385. The van der Waals surface area contributed by atoms with Crippen LogP contribution >= 0.6 is 0 Å². The first-order chi connectivity index (χ1) is 7.11. The Hall–Kier alpha value is -1.44. The van der Waals surface area contributed by atoms with E-state index in [9.17, 15) is 0 Å². The Morgan fingerprint density at radius 1 is 1.00 bits per heavy atom. The van der Waals surface area contributed by atoms with E-state index in [1.165, 1.54) is 11.1 Å². The van der Waals surface area contributed by atoms with Gasteiger partial charge in [-0.2, -0.15) is 0 Å². The molecule has 0 aliphatic heterocycles. The standard InChI is InChI=1S/C7H11N.C6H9N/c1-3-7-4-5-8(2)6-7;1-6-3-4-7(2)5-6/h4-6H,3H2,1-2H3;3-5H,1-2H3. The minimum absolute atomic E-state index is 1.14. The van der Waals surface area contributed by atoms with Crippen LogP contribution in [0, 0.1) is 6.92 Å². The molecule has 2 aromatic heterocycles. The van der Waals surface area contributed by atoms with Gasteiger partial charge in [0.2, 0.25) is 0 Å². The van der Waals surface area contributed by atoms with Crippen molar-refractivity contribution in [3.63, 3.8) is 0 Å². The van der Waals surface area contributed by atoms with Crippen molar-refractivity contribution in [2.45, 2.75) is 20.3 Å². The van der Waals surface area contributed by atoms with E-state index in [1.807, 2.05) is 24.9 Å². The Morgan fingerprint density at radius 2 is 1.60 bits per heavy atom. The summed E-state index contributed by atoms with van der Waals surface area (Å²) in [5, 5.41) is 0. The van der Waals surface area contributed by atoms with Crippen molar-refractivity contribution < 1.29 is 0 Å². The normalized spacial score (nSPS) is 9.60. The molecule has 0 bridgehead atoms. The Balaban J connectivity index is 0.000000151. The molecule has 0 N–H and O–H groups in total. The van der Waals surface area contributed by atoms with Crippen LogP contribution in [0.1, 0.15) is 18.1 Å². The van der Waals surface area contributed by atoms with Crippen molar-refractivity contribution in [2.75, 3.05) is 0 Å². The molecule has 2 heteroatoms. The molecule has 2 heterocycles. The third kappa shape index (κ3) is 4.07. The van der Waals surface area contributed by atoms with Gasteiger partial charge in [0.05, 0.1) is 0 Å². The average molecular weight is 204 g/mol. The molecule has 15 heavy (non-hydrogen) atoms. The van der Waals surface area contributed by atoms with E-state index in [2.05, 4.69) is 49.1 Å². The number of hydrogen-bond acceptors (Lipinski definition) is 0. The topological polar surface area (TPSA) is 9.86 Å². The lowest BCUT2D eigenvalue weighted by atomic mass is 10.3. The molecule has 0 amide bonds. The van der Waals surface area contributed by atoms with Gasteiger partial charge >= 0.3 is 0 Å². The average Bonchev–Trinajstić information content (AvgIpc) is 2.76. The van der Waals surface area contributed by atoms with E-state index in [0.29, 0.717) is 0 Å². The van der Waals surface area contributed by atoms with E-state index >= 15 is 0 Å². The molecule has 82 valence electrons. The number of rotatable bonds is 1. The van der Waals surface area contributed by atoms with Crippen molar-refractivity contribution in [3.8, 4) is 0 Å². The lowest BCUT2D eigenvalue weighted by Crippen LogP contribution is -1.78. The Bertz CT molecular complexity index is 380. The highest BCUT2D eigenvalue weighted by Gasteiger charge is 1.86. The fourth-order valence-corrected chi connectivity index (χ4v) is 1.41. The summed E-state index contributed by atoms with van der Waals surface area (Å²) in [6.07, 6.45) is 9.47. The third-order valence-electron chi connectivity index (χ3n) is 2.28. The first kappa shape index (κ1) is 11.6. The van der Waals surface area contributed by atoms with E-state index in [-0.39, 0.29) is 0 Å². The maximum Gasteiger partial charge on any atom is 0.0106 e. The van der Waals surface area contributed by atoms with Gasteiger partial charge in [0.1, 0.15) is 0 Å². The van der Waals surface area contributed by atoms with Gasteiger partial charge in [-0.1, -0.05) is 6.92 Å². The van der Waals surface area contributed by atoms with Crippen molar-refractivity contribution in [3.05, 3.63) is 48.0 Å². The predicted octanol–water partition coefficient (Wildman–Crippen LogP) is 2.92. The molecule has 2 rings (SSSR count). The van der Waals surface area contributed by atoms with E-state index in [1.54, 1.807) is 0 Å². The summed E-state index contributed by atoms with van der Waals surface area (Å²) in [6, 6.07) is 4.22. The van der Waals surface area contributed by atoms with Crippen molar-refractivity contribution >= 4 is 0 Å². The molecule has 0 fully saturated rings. The summed E-state index contributed by atoms with van der Waals surface area (Å²) in [6.45, 7) is 4.25. The van der Waals surface area contributed by atoms with Crippen LogP contribution in [0.5, 0.6) is 0 Å². The number of nitrogens with zero attached hydrogens (tertiary/aromatic N) is 2. The Labute approximate surface area is 92.2 Å². The summed E-state index contributed by atoms with van der Waals surface area (Å²) in [7, 11) is 4.06. The van der Waals surface area contributed by atoms with Crippen molar-refractivity contribution in [2.24, 2.45) is 14.1 Å². The molecule has 0 saturated heterocycles. The van der Waals surface area contributed by atoms with Gasteiger partial charge in [-0.25, -0.2) is 0 Å². The van der Waals surface area contributed by atoms with Gasteiger partial charge < -0.3 is 9.13 Å². The summed E-state index contributed by atoms with van der Waals surface area (Å²) in [5.41, 5.74) is 2.73. The van der Waals surface area contributed by atoms with Crippen molar-refractivity contribution in [1.82, 2.24) is 9.13 Å². The Kier molecular flexibility index (Phi) is 4.22. The van der Waals surface area contributed by atoms with Crippen LogP contribution in [0.3, 0.4) is 0 Å². The highest BCUT2D eigenvalue weighted by molar-refractivity contribution is 5.08. The van der Waals surface area contributed by atoms with Gasteiger partial charge in [-0.3, -0.25) is 0 Å². The molecule has 0 saturated carbocycles. The van der Waals surface area contributed by atoms with Crippen LogP contribution in [-0.2, 0) is 20.5 Å². The molecule has 2 nitrogen and oxygen atoms in total. The highest BCUT2D eigenvalue weighted by atomic mass is 14.9. The van der Waals surface area contributed by atoms with Gasteiger partial charge in [0.25, 0.3) is 0 Å². The zero-order chi connectivity index (χ0) is 11.3. The molecule has 0 spiro atoms. The highest BCUT2D eigenvalue weighted by Crippen LogP contribution is 1.98. The smallest absolute Gasteiger partial charge is 0.0106 e. The molecule has 2 aromatic rings. The molecule has 0 aromatic carbocycles. The summed E-state index contributed by atoms with van der Waals surface area (Å²) < 4.78 is 4.11. The number of aryl methyl sites for hydroxylation is 4. The molecule has 0 unspecified atom stereocenters. The molecule has 0 atom stereocenters. The second-order valence-corrected chi connectivity index (χ2v) is 3.89. The third-order valence-corrected chi connectivity index (χ3v) is 2.28. The number of hydrogen-bond donors (Lipinski definition) is 0. The van der Waals surface area contributed by atoms with Crippen LogP contribution in [0.2, 0.25) is 0 Å². The first-order valence-electron chi connectivity index (χ1n) is 5.31. The Morgan fingerprint density at radius 3 is 1.80 bits per heavy atom. The molecular formula is C13H20N2. The van der Waals surface area contributed by atoms with Gasteiger partial charge in [-0.15, -0.1) is 0 Å². The van der Waals surface area contributed by atoms with Crippen LogP contribution < -0.4 is 0 Å².